The van der Waals surface area contributed by atoms with Crippen molar-refractivity contribution in [2.75, 3.05) is 0 Å². The SMILES string of the molecule is O=C(NC1CCC1)c1cc(F)c2ccccc2c1OCc1ccc(C(F)(F)F)cn1.O=CO. The van der Waals surface area contributed by atoms with Gasteiger partial charge in [-0.1, -0.05) is 24.3 Å². The number of benzene rings is 2. The maximum absolute atomic E-state index is 14.6. The summed E-state index contributed by atoms with van der Waals surface area (Å²) in [5.74, 6) is -0.824. The topological polar surface area (TPSA) is 88.5 Å². The molecule has 0 atom stereocenters. The first-order chi connectivity index (χ1) is 15.7. The molecule has 3 aromatic rings. The summed E-state index contributed by atoms with van der Waals surface area (Å²) in [5, 5.41) is 10.4. The van der Waals surface area contributed by atoms with E-state index < -0.39 is 23.5 Å². The van der Waals surface area contributed by atoms with Crippen LogP contribution in [0.4, 0.5) is 17.6 Å². The summed E-state index contributed by atoms with van der Waals surface area (Å²) in [7, 11) is 0. The fourth-order valence-corrected chi connectivity index (χ4v) is 3.27. The van der Waals surface area contributed by atoms with Crippen molar-refractivity contribution in [3.63, 3.8) is 0 Å². The van der Waals surface area contributed by atoms with Crippen LogP contribution in [0.15, 0.2) is 48.7 Å². The van der Waals surface area contributed by atoms with Crippen molar-refractivity contribution in [3.05, 3.63) is 71.3 Å². The average Bonchev–Trinajstić information content (AvgIpc) is 2.75. The molecule has 0 radical (unpaired) electrons. The summed E-state index contributed by atoms with van der Waals surface area (Å²) < 4.78 is 58.5. The van der Waals surface area contributed by atoms with Crippen LogP contribution in [-0.4, -0.2) is 28.5 Å². The molecule has 1 aliphatic rings. The molecule has 1 fully saturated rings. The number of pyridine rings is 1. The highest BCUT2D eigenvalue weighted by molar-refractivity contribution is 6.04. The van der Waals surface area contributed by atoms with Gasteiger partial charge in [-0.05, 0) is 37.5 Å². The Morgan fingerprint density at radius 1 is 1.18 bits per heavy atom. The van der Waals surface area contributed by atoms with E-state index in [0.29, 0.717) is 5.39 Å². The predicted octanol–water partition coefficient (Wildman–Crippen LogP) is 4.95. The number of aromatic nitrogens is 1. The molecule has 1 aliphatic carbocycles. The lowest BCUT2D eigenvalue weighted by Crippen LogP contribution is -2.39. The van der Waals surface area contributed by atoms with E-state index in [1.807, 2.05) is 0 Å². The lowest BCUT2D eigenvalue weighted by molar-refractivity contribution is -0.137. The molecule has 33 heavy (non-hydrogen) atoms. The molecule has 4 rings (SSSR count). The molecule has 174 valence electrons. The zero-order chi connectivity index (χ0) is 24.0. The second-order valence-electron chi connectivity index (χ2n) is 7.31. The van der Waals surface area contributed by atoms with Crippen molar-refractivity contribution in [3.8, 4) is 5.75 Å². The highest BCUT2D eigenvalue weighted by atomic mass is 19.4. The Morgan fingerprint density at radius 3 is 2.39 bits per heavy atom. The lowest BCUT2D eigenvalue weighted by Gasteiger charge is -2.27. The average molecular weight is 464 g/mol. The maximum atomic E-state index is 14.6. The van der Waals surface area contributed by atoms with Gasteiger partial charge in [-0.2, -0.15) is 13.2 Å². The van der Waals surface area contributed by atoms with Gasteiger partial charge in [0.1, 0.15) is 18.2 Å². The number of alkyl halides is 3. The van der Waals surface area contributed by atoms with Crippen LogP contribution in [0.2, 0.25) is 0 Å². The number of nitrogens with zero attached hydrogens (tertiary/aromatic N) is 1. The first kappa shape index (κ1) is 24.0. The Morgan fingerprint density at radius 2 is 1.85 bits per heavy atom. The number of amides is 1. The number of ether oxygens (including phenoxy) is 1. The molecule has 2 aromatic carbocycles. The van der Waals surface area contributed by atoms with E-state index in [9.17, 15) is 22.4 Å². The number of carbonyl (C=O) groups is 2. The number of carboxylic acid groups (broad SMARTS) is 1. The normalized spacial score (nSPS) is 13.5. The molecule has 1 heterocycles. The zero-order valence-electron chi connectivity index (χ0n) is 17.2. The van der Waals surface area contributed by atoms with Crippen molar-refractivity contribution < 1.29 is 37.0 Å². The molecule has 1 amide bonds. The van der Waals surface area contributed by atoms with Gasteiger partial charge < -0.3 is 15.2 Å². The summed E-state index contributed by atoms with van der Waals surface area (Å²) in [6.45, 7) is -0.419. The fourth-order valence-electron chi connectivity index (χ4n) is 3.27. The number of fused-ring (bicyclic) bond motifs is 1. The van der Waals surface area contributed by atoms with Crippen molar-refractivity contribution in [2.45, 2.75) is 38.1 Å². The monoisotopic (exact) mass is 464 g/mol. The van der Waals surface area contributed by atoms with E-state index in [0.717, 1.165) is 37.6 Å². The van der Waals surface area contributed by atoms with Crippen LogP contribution >= 0.6 is 0 Å². The molecular weight excluding hydrogens is 444 g/mol. The zero-order valence-corrected chi connectivity index (χ0v) is 17.2. The third-order valence-electron chi connectivity index (χ3n) is 5.15. The van der Waals surface area contributed by atoms with Crippen LogP contribution in [0, 0.1) is 5.82 Å². The van der Waals surface area contributed by atoms with Gasteiger partial charge in [0, 0.05) is 23.0 Å². The molecule has 0 bridgehead atoms. The van der Waals surface area contributed by atoms with E-state index in [-0.39, 0.29) is 41.5 Å². The molecule has 10 heteroatoms. The Balaban J connectivity index is 0.000000968. The molecule has 6 nitrogen and oxygen atoms in total. The summed E-state index contributed by atoms with van der Waals surface area (Å²) in [5.41, 5.74) is -0.564. The Labute approximate surface area is 186 Å². The first-order valence-corrected chi connectivity index (χ1v) is 9.99. The minimum absolute atomic E-state index is 0.0463. The maximum Gasteiger partial charge on any atom is 0.417 e. The number of halogens is 4. The smallest absolute Gasteiger partial charge is 0.417 e. The van der Waals surface area contributed by atoms with E-state index in [2.05, 4.69) is 10.3 Å². The third kappa shape index (κ3) is 5.76. The molecule has 1 saturated carbocycles. The van der Waals surface area contributed by atoms with E-state index >= 15 is 0 Å². The minimum atomic E-state index is -4.48. The third-order valence-corrected chi connectivity index (χ3v) is 5.15. The van der Waals surface area contributed by atoms with Gasteiger partial charge in [-0.3, -0.25) is 14.6 Å². The fraction of sp³-hybridized carbons (Fsp3) is 0.261. The second-order valence-corrected chi connectivity index (χ2v) is 7.31. The van der Waals surface area contributed by atoms with Crippen molar-refractivity contribution in [2.24, 2.45) is 0 Å². The van der Waals surface area contributed by atoms with E-state index in [1.165, 1.54) is 6.07 Å². The number of rotatable bonds is 5. The lowest BCUT2D eigenvalue weighted by atomic mass is 9.92. The number of carbonyl (C=O) groups excluding carboxylic acids is 1. The molecule has 0 saturated heterocycles. The molecule has 1 aromatic heterocycles. The Hall–Kier alpha value is -3.69. The summed E-state index contributed by atoms with van der Waals surface area (Å²) >= 11 is 0. The van der Waals surface area contributed by atoms with Crippen molar-refractivity contribution >= 4 is 23.2 Å². The summed E-state index contributed by atoms with van der Waals surface area (Å²) in [6.07, 6.45) is -0.987. The summed E-state index contributed by atoms with van der Waals surface area (Å²) in [4.78, 5) is 24.9. The summed E-state index contributed by atoms with van der Waals surface area (Å²) in [6, 6.07) is 9.87. The number of hydrogen-bond donors (Lipinski definition) is 2. The molecule has 0 aliphatic heterocycles. The van der Waals surface area contributed by atoms with Gasteiger partial charge in [-0.15, -0.1) is 0 Å². The van der Waals surface area contributed by atoms with E-state index in [4.69, 9.17) is 14.6 Å². The van der Waals surface area contributed by atoms with Gasteiger partial charge in [-0.25, -0.2) is 4.39 Å². The van der Waals surface area contributed by atoms with Crippen LogP contribution in [0.1, 0.15) is 40.9 Å². The van der Waals surface area contributed by atoms with Gasteiger partial charge >= 0.3 is 6.18 Å². The van der Waals surface area contributed by atoms with Crippen LogP contribution in [-0.2, 0) is 17.6 Å². The second kappa shape index (κ2) is 10.3. The highest BCUT2D eigenvalue weighted by Gasteiger charge is 2.30. The van der Waals surface area contributed by atoms with Crippen LogP contribution < -0.4 is 10.1 Å². The van der Waals surface area contributed by atoms with Gasteiger partial charge in [0.25, 0.3) is 12.4 Å². The van der Waals surface area contributed by atoms with Gasteiger partial charge in [0.15, 0.2) is 0 Å². The van der Waals surface area contributed by atoms with Gasteiger partial charge in [0.2, 0.25) is 0 Å². The Kier molecular flexibility index (Phi) is 7.47. The Bertz CT molecular complexity index is 1130. The van der Waals surface area contributed by atoms with Crippen molar-refractivity contribution in [1.82, 2.24) is 10.3 Å². The van der Waals surface area contributed by atoms with Crippen molar-refractivity contribution in [1.29, 1.82) is 0 Å². The standard InChI is InChI=1S/C22H18F4N2O2.CH2O2/c23-19-10-18(21(29)28-14-4-3-5-14)20(17-7-2-1-6-16(17)19)30-12-15-9-8-13(11-27-15)22(24,25)26;2-1-3/h1-2,6-11,14H,3-5,12H2,(H,28,29);1H,(H,2,3). The number of hydrogen-bond acceptors (Lipinski definition) is 4. The van der Waals surface area contributed by atoms with E-state index in [1.54, 1.807) is 24.3 Å². The quantitative estimate of drug-likeness (QED) is 0.412. The predicted molar refractivity (Wildman–Crippen MR) is 111 cm³/mol. The molecule has 2 N–H and O–H groups in total. The van der Waals surface area contributed by atoms with Gasteiger partial charge in [0.05, 0.1) is 16.8 Å². The molecular formula is C23H20F4N2O4. The van der Waals surface area contributed by atoms with Crippen LogP contribution in [0.5, 0.6) is 5.75 Å². The largest absolute Gasteiger partial charge is 0.486 e. The molecule has 0 spiro atoms. The molecule has 0 unspecified atom stereocenters. The minimum Gasteiger partial charge on any atom is -0.486 e. The van der Waals surface area contributed by atoms with Crippen LogP contribution in [0.25, 0.3) is 10.8 Å². The van der Waals surface area contributed by atoms with Crippen LogP contribution in [0.3, 0.4) is 0 Å². The highest BCUT2D eigenvalue weighted by Crippen LogP contribution is 2.34. The first-order valence-electron chi connectivity index (χ1n) is 9.99. The number of nitrogens with one attached hydrogen (secondary N) is 1.